The number of hydrogen-bond donors (Lipinski definition) is 1. The van der Waals surface area contributed by atoms with Crippen LogP contribution >= 0.6 is 0 Å². The third-order valence-electron chi connectivity index (χ3n) is 2.63. The van der Waals surface area contributed by atoms with Gasteiger partial charge in [0.1, 0.15) is 12.4 Å². The lowest BCUT2D eigenvalue weighted by Crippen LogP contribution is -2.26. The van der Waals surface area contributed by atoms with Crippen molar-refractivity contribution >= 4 is 17.5 Å². The number of nitrogens with zero attached hydrogens (tertiary/aromatic N) is 1. The number of hydrogen-bond acceptors (Lipinski definition) is 3. The number of carbonyl (C=O) groups is 1. The summed E-state index contributed by atoms with van der Waals surface area (Å²) in [6, 6.07) is 15.5. The fraction of sp³-hybridized carbons (Fsp3) is 0.0625. The summed E-state index contributed by atoms with van der Waals surface area (Å²) in [6.07, 6.45) is 1.01. The van der Waals surface area contributed by atoms with Crippen molar-refractivity contribution in [1.29, 1.82) is 0 Å². The molecular formula is C16H15NO3. The maximum absolute atomic E-state index is 12.2. The van der Waals surface area contributed by atoms with Crippen LogP contribution in [-0.2, 0) is 4.74 Å². The zero-order valence-corrected chi connectivity index (χ0v) is 10.9. The van der Waals surface area contributed by atoms with Gasteiger partial charge in [-0.1, -0.05) is 30.9 Å². The second kappa shape index (κ2) is 6.43. The molecule has 1 amide bonds. The van der Waals surface area contributed by atoms with Gasteiger partial charge in [0, 0.05) is 0 Å². The first-order chi connectivity index (χ1) is 9.72. The molecule has 4 nitrogen and oxygen atoms in total. The average molecular weight is 269 g/mol. The minimum atomic E-state index is -0.498. The Hall–Kier alpha value is -2.75. The smallest absolute Gasteiger partial charge is 0.419 e. The fourth-order valence-corrected chi connectivity index (χ4v) is 1.73. The summed E-state index contributed by atoms with van der Waals surface area (Å²) >= 11 is 0. The third-order valence-corrected chi connectivity index (χ3v) is 2.63. The van der Waals surface area contributed by atoms with Crippen molar-refractivity contribution in [3.05, 3.63) is 67.3 Å². The summed E-state index contributed by atoms with van der Waals surface area (Å²) in [5.74, 6) is 0.140. The highest BCUT2D eigenvalue weighted by Gasteiger charge is 2.18. The van der Waals surface area contributed by atoms with Crippen LogP contribution in [0, 0.1) is 0 Å². The van der Waals surface area contributed by atoms with Crippen molar-refractivity contribution in [3.63, 3.8) is 0 Å². The zero-order chi connectivity index (χ0) is 14.4. The second-order valence-electron chi connectivity index (χ2n) is 4.05. The molecule has 1 N–H and O–H groups in total. The third kappa shape index (κ3) is 3.17. The second-order valence-corrected chi connectivity index (χ2v) is 4.05. The lowest BCUT2D eigenvalue weighted by Gasteiger charge is -2.22. The van der Waals surface area contributed by atoms with E-state index in [0.29, 0.717) is 11.4 Å². The molecule has 0 fully saturated rings. The van der Waals surface area contributed by atoms with Crippen LogP contribution in [0.15, 0.2) is 67.3 Å². The van der Waals surface area contributed by atoms with Crippen LogP contribution in [0.1, 0.15) is 0 Å². The lowest BCUT2D eigenvalue weighted by atomic mass is 10.2. The molecule has 2 aromatic carbocycles. The first-order valence-corrected chi connectivity index (χ1v) is 6.14. The summed E-state index contributed by atoms with van der Waals surface area (Å²) in [6.45, 7) is 3.66. The van der Waals surface area contributed by atoms with Crippen LogP contribution in [0.25, 0.3) is 0 Å². The molecule has 0 saturated heterocycles. The number of aromatic hydroxyl groups is 1. The summed E-state index contributed by atoms with van der Waals surface area (Å²) in [7, 11) is 0. The first kappa shape index (κ1) is 13.7. The van der Waals surface area contributed by atoms with Crippen LogP contribution in [0.4, 0.5) is 16.2 Å². The highest BCUT2D eigenvalue weighted by atomic mass is 16.6. The summed E-state index contributed by atoms with van der Waals surface area (Å²) < 4.78 is 5.10. The number of carbonyl (C=O) groups excluding carboxylic acids is 1. The molecular weight excluding hydrogens is 254 g/mol. The summed E-state index contributed by atoms with van der Waals surface area (Å²) in [4.78, 5) is 13.6. The van der Waals surface area contributed by atoms with E-state index >= 15 is 0 Å². The molecule has 0 saturated carbocycles. The molecule has 2 rings (SSSR count). The van der Waals surface area contributed by atoms with Gasteiger partial charge in [0.2, 0.25) is 0 Å². The maximum Gasteiger partial charge on any atom is 0.419 e. The molecule has 2 aromatic rings. The van der Waals surface area contributed by atoms with E-state index in [0.717, 1.165) is 0 Å². The largest absolute Gasteiger partial charge is 0.508 e. The molecule has 4 heteroatoms. The van der Waals surface area contributed by atoms with E-state index in [1.54, 1.807) is 12.1 Å². The normalized spacial score (nSPS) is 9.80. The highest BCUT2D eigenvalue weighted by Crippen LogP contribution is 2.27. The van der Waals surface area contributed by atoms with Gasteiger partial charge in [0.15, 0.2) is 0 Å². The van der Waals surface area contributed by atoms with Crippen LogP contribution in [0.2, 0.25) is 0 Å². The quantitative estimate of drug-likeness (QED) is 0.857. The first-order valence-electron chi connectivity index (χ1n) is 6.14. The molecule has 0 aromatic heterocycles. The van der Waals surface area contributed by atoms with E-state index in [9.17, 15) is 9.90 Å². The Kier molecular flexibility index (Phi) is 4.39. The van der Waals surface area contributed by atoms with Crippen LogP contribution in [0.5, 0.6) is 5.75 Å². The topological polar surface area (TPSA) is 49.8 Å². The van der Waals surface area contributed by atoms with Gasteiger partial charge in [0.25, 0.3) is 0 Å². The number of anilines is 2. The summed E-state index contributed by atoms with van der Waals surface area (Å²) in [5, 5.41) is 9.34. The van der Waals surface area contributed by atoms with E-state index in [4.69, 9.17) is 4.74 Å². The number of phenols is 1. The Labute approximate surface area is 117 Å². The van der Waals surface area contributed by atoms with Crippen molar-refractivity contribution in [1.82, 2.24) is 0 Å². The van der Waals surface area contributed by atoms with E-state index in [2.05, 4.69) is 6.58 Å². The number of rotatable bonds is 4. The fourth-order valence-electron chi connectivity index (χ4n) is 1.73. The summed E-state index contributed by atoms with van der Waals surface area (Å²) in [5.41, 5.74) is 1.30. The molecule has 0 bridgehead atoms. The number of ether oxygens (including phenoxy) is 1. The predicted octanol–water partition coefficient (Wildman–Crippen LogP) is 3.85. The van der Waals surface area contributed by atoms with Crippen molar-refractivity contribution in [3.8, 4) is 5.75 Å². The minimum Gasteiger partial charge on any atom is -0.508 e. The minimum absolute atomic E-state index is 0.139. The maximum atomic E-state index is 12.2. The van der Waals surface area contributed by atoms with Crippen LogP contribution < -0.4 is 4.90 Å². The molecule has 0 unspecified atom stereocenters. The Morgan fingerprint density at radius 3 is 2.30 bits per heavy atom. The van der Waals surface area contributed by atoms with Gasteiger partial charge in [0.05, 0.1) is 11.4 Å². The molecule has 0 atom stereocenters. The molecule has 0 aliphatic carbocycles. The Morgan fingerprint density at radius 2 is 1.70 bits per heavy atom. The monoisotopic (exact) mass is 269 g/mol. The van der Waals surface area contributed by atoms with Gasteiger partial charge < -0.3 is 9.84 Å². The Balaban J connectivity index is 2.36. The van der Waals surface area contributed by atoms with Crippen molar-refractivity contribution < 1.29 is 14.6 Å². The van der Waals surface area contributed by atoms with Gasteiger partial charge in [-0.3, -0.25) is 0 Å². The molecule has 20 heavy (non-hydrogen) atoms. The molecule has 102 valence electrons. The van der Waals surface area contributed by atoms with Crippen molar-refractivity contribution in [2.24, 2.45) is 0 Å². The van der Waals surface area contributed by atoms with E-state index < -0.39 is 6.09 Å². The number of phenolic OH excluding ortho intramolecular Hbond substituents is 1. The molecule has 0 aliphatic rings. The molecule has 0 spiro atoms. The van der Waals surface area contributed by atoms with E-state index in [-0.39, 0.29) is 12.4 Å². The van der Waals surface area contributed by atoms with Gasteiger partial charge in [-0.15, -0.1) is 0 Å². The average Bonchev–Trinajstić information content (AvgIpc) is 2.48. The molecule has 0 heterocycles. The van der Waals surface area contributed by atoms with Crippen molar-refractivity contribution in [2.45, 2.75) is 0 Å². The number of amides is 1. The zero-order valence-electron chi connectivity index (χ0n) is 10.9. The van der Waals surface area contributed by atoms with Crippen LogP contribution in [-0.4, -0.2) is 17.8 Å². The van der Waals surface area contributed by atoms with Gasteiger partial charge >= 0.3 is 6.09 Å². The van der Waals surface area contributed by atoms with Gasteiger partial charge in [-0.2, -0.15) is 0 Å². The SMILES string of the molecule is C=CCOC(=O)N(c1ccccc1)c1ccc(O)cc1. The number of benzene rings is 2. The van der Waals surface area contributed by atoms with Gasteiger partial charge in [-0.05, 0) is 36.4 Å². The standard InChI is InChI=1S/C16H15NO3/c1-2-12-20-16(19)17(13-6-4-3-5-7-13)14-8-10-15(18)11-9-14/h2-11,18H,1,12H2. The number of para-hydroxylation sites is 1. The van der Waals surface area contributed by atoms with Gasteiger partial charge in [-0.25, -0.2) is 9.69 Å². The van der Waals surface area contributed by atoms with Crippen LogP contribution in [0.3, 0.4) is 0 Å². The Bertz CT molecular complexity index is 578. The highest BCUT2D eigenvalue weighted by molar-refractivity contribution is 5.96. The molecule has 0 radical (unpaired) electrons. The van der Waals surface area contributed by atoms with E-state index in [1.165, 1.54) is 23.1 Å². The molecule has 0 aliphatic heterocycles. The predicted molar refractivity (Wildman–Crippen MR) is 78.2 cm³/mol. The Morgan fingerprint density at radius 1 is 1.10 bits per heavy atom. The van der Waals surface area contributed by atoms with Crippen molar-refractivity contribution in [2.75, 3.05) is 11.5 Å². The van der Waals surface area contributed by atoms with E-state index in [1.807, 2.05) is 30.3 Å². The lowest BCUT2D eigenvalue weighted by molar-refractivity contribution is 0.169.